The van der Waals surface area contributed by atoms with Gasteiger partial charge in [-0.05, 0) is 27.7 Å². The van der Waals surface area contributed by atoms with E-state index in [1.807, 2.05) is 0 Å². The molecular weight excluding hydrogens is 236 g/mol. The summed E-state index contributed by atoms with van der Waals surface area (Å²) >= 11 is 0. The van der Waals surface area contributed by atoms with E-state index in [9.17, 15) is 19.2 Å². The Labute approximate surface area is 106 Å². The maximum absolute atomic E-state index is 10.0. The van der Waals surface area contributed by atoms with Gasteiger partial charge in [0.1, 0.15) is 23.1 Å². The number of hydrogen-bond donors (Lipinski definition) is 2. The molecule has 0 atom stereocenters. The standard InChI is InChI=1S/2C5H8O2.C2H2N2/c2*1-4(6)3-5(2)7;3-1-2-4/h2*3H2,1-2H3;3-4H. The third-order valence-electron chi connectivity index (χ3n) is 1.06. The molecule has 0 rings (SSSR count). The van der Waals surface area contributed by atoms with Crippen LogP contribution in [0.4, 0.5) is 0 Å². The van der Waals surface area contributed by atoms with Crippen LogP contribution in [0.15, 0.2) is 0 Å². The summed E-state index contributed by atoms with van der Waals surface area (Å²) in [5, 5.41) is 11.8. The molecule has 0 saturated heterocycles. The van der Waals surface area contributed by atoms with Gasteiger partial charge in [0.2, 0.25) is 0 Å². The summed E-state index contributed by atoms with van der Waals surface area (Å²) in [6, 6.07) is 0. The van der Waals surface area contributed by atoms with Crippen molar-refractivity contribution in [3.63, 3.8) is 0 Å². The SMILES string of the molecule is CC(=O)CC(C)=O.CC(=O)CC(C)=O.N=C=C=N. The van der Waals surface area contributed by atoms with Crippen LogP contribution in [0.1, 0.15) is 40.5 Å². The average Bonchev–Trinajstić information content (AvgIpc) is 2.14. The van der Waals surface area contributed by atoms with Crippen LogP contribution in [0.5, 0.6) is 0 Å². The van der Waals surface area contributed by atoms with Gasteiger partial charge in [-0.3, -0.25) is 19.2 Å². The normalized spacial score (nSPS) is 7.11. The van der Waals surface area contributed by atoms with E-state index in [2.05, 4.69) is 0 Å². The second kappa shape index (κ2) is 14.8. The van der Waals surface area contributed by atoms with E-state index in [0.29, 0.717) is 0 Å². The molecule has 0 aliphatic heterocycles. The molecular formula is C12H18N2O4. The Morgan fingerprint density at radius 2 is 0.833 bits per heavy atom. The largest absolute Gasteiger partial charge is 0.300 e. The topological polar surface area (TPSA) is 116 Å². The molecule has 0 aliphatic carbocycles. The van der Waals surface area contributed by atoms with E-state index in [1.54, 1.807) is 11.7 Å². The van der Waals surface area contributed by atoms with Gasteiger partial charge < -0.3 is 0 Å². The highest BCUT2D eigenvalue weighted by molar-refractivity contribution is 5.97. The van der Waals surface area contributed by atoms with Crippen molar-refractivity contribution in [3.05, 3.63) is 0 Å². The van der Waals surface area contributed by atoms with Crippen molar-refractivity contribution in [2.75, 3.05) is 0 Å². The first-order valence-corrected chi connectivity index (χ1v) is 4.98. The van der Waals surface area contributed by atoms with Crippen LogP contribution in [-0.4, -0.2) is 34.9 Å². The highest BCUT2D eigenvalue weighted by Crippen LogP contribution is 1.80. The summed E-state index contributed by atoms with van der Waals surface area (Å²) in [6.45, 7) is 5.62. The van der Waals surface area contributed by atoms with Gasteiger partial charge in [0, 0.05) is 0 Å². The van der Waals surface area contributed by atoms with E-state index in [4.69, 9.17) is 10.8 Å². The maximum Gasteiger partial charge on any atom is 0.137 e. The highest BCUT2D eigenvalue weighted by atomic mass is 16.2. The predicted molar refractivity (Wildman–Crippen MR) is 67.4 cm³/mol. The van der Waals surface area contributed by atoms with Gasteiger partial charge in [-0.15, -0.1) is 0 Å². The van der Waals surface area contributed by atoms with Crippen molar-refractivity contribution in [1.29, 1.82) is 10.8 Å². The lowest BCUT2D eigenvalue weighted by Gasteiger charge is -1.81. The molecule has 6 nitrogen and oxygen atoms in total. The fraction of sp³-hybridized carbons (Fsp3) is 0.500. The van der Waals surface area contributed by atoms with Crippen molar-refractivity contribution in [3.8, 4) is 0 Å². The smallest absolute Gasteiger partial charge is 0.137 e. The minimum Gasteiger partial charge on any atom is -0.300 e. The van der Waals surface area contributed by atoms with Gasteiger partial charge in [0.05, 0.1) is 24.6 Å². The molecule has 18 heavy (non-hydrogen) atoms. The number of carbonyl (C=O) groups is 4. The zero-order valence-corrected chi connectivity index (χ0v) is 11.0. The Morgan fingerprint density at radius 3 is 0.833 bits per heavy atom. The number of rotatable bonds is 4. The minimum absolute atomic E-state index is 0.0625. The zero-order valence-electron chi connectivity index (χ0n) is 11.0. The van der Waals surface area contributed by atoms with Gasteiger partial charge in [-0.2, -0.15) is 0 Å². The summed E-state index contributed by atoms with van der Waals surface area (Å²) in [6.07, 6.45) is 0.167. The maximum atomic E-state index is 10.0. The predicted octanol–water partition coefficient (Wildman–Crippen LogP) is 1.15. The molecule has 0 heterocycles. The highest BCUT2D eigenvalue weighted by Gasteiger charge is 1.95. The van der Waals surface area contributed by atoms with Crippen LogP contribution in [0, 0.1) is 10.8 Å². The lowest BCUT2D eigenvalue weighted by atomic mass is 10.2. The molecule has 0 aromatic carbocycles. The van der Waals surface area contributed by atoms with Crippen molar-refractivity contribution in [1.82, 2.24) is 0 Å². The van der Waals surface area contributed by atoms with Crippen LogP contribution in [0.3, 0.4) is 0 Å². The lowest BCUT2D eigenvalue weighted by Crippen LogP contribution is -1.97. The second-order valence-corrected chi connectivity index (χ2v) is 3.41. The number of carbonyl (C=O) groups excluding carboxylic acids is 4. The van der Waals surface area contributed by atoms with Crippen molar-refractivity contribution >= 4 is 34.9 Å². The first kappa shape index (κ1) is 21.2. The summed E-state index contributed by atoms with van der Waals surface area (Å²) < 4.78 is 0. The number of hydrogen-bond acceptors (Lipinski definition) is 6. The fourth-order valence-corrected chi connectivity index (χ4v) is 0.701. The van der Waals surface area contributed by atoms with Crippen LogP contribution < -0.4 is 0 Å². The molecule has 2 N–H and O–H groups in total. The van der Waals surface area contributed by atoms with E-state index in [1.165, 1.54) is 27.7 Å². The van der Waals surface area contributed by atoms with E-state index >= 15 is 0 Å². The van der Waals surface area contributed by atoms with E-state index < -0.39 is 0 Å². The molecule has 6 heteroatoms. The Morgan fingerprint density at radius 1 is 0.667 bits per heavy atom. The number of nitrogens with one attached hydrogen (secondary N) is 2. The van der Waals surface area contributed by atoms with Crippen LogP contribution in [0.25, 0.3) is 0 Å². The van der Waals surface area contributed by atoms with Gasteiger partial charge in [0.25, 0.3) is 0 Å². The molecule has 0 unspecified atom stereocenters. The number of ketones is 4. The molecule has 0 radical (unpaired) electrons. The zero-order chi connectivity index (χ0) is 15.1. The quantitative estimate of drug-likeness (QED) is 0.578. The molecule has 100 valence electrons. The number of Topliss-reactive ketones (excluding diaryl/α,β-unsaturated/α-hetero) is 4. The minimum atomic E-state index is -0.0625. The molecule has 0 amide bonds. The van der Waals surface area contributed by atoms with E-state index in [-0.39, 0.29) is 36.0 Å². The summed E-state index contributed by atoms with van der Waals surface area (Å²) in [4.78, 5) is 40.1. The summed E-state index contributed by atoms with van der Waals surface area (Å²) in [7, 11) is 0. The molecule has 0 aromatic heterocycles. The molecule has 0 aromatic rings. The molecule has 0 saturated carbocycles. The second-order valence-electron chi connectivity index (χ2n) is 3.41. The van der Waals surface area contributed by atoms with Crippen molar-refractivity contribution in [2.45, 2.75) is 40.5 Å². The summed E-state index contributed by atoms with van der Waals surface area (Å²) in [5.41, 5.74) is 0. The third kappa shape index (κ3) is 48.8. The lowest BCUT2D eigenvalue weighted by molar-refractivity contribution is -0.126. The summed E-state index contributed by atoms with van der Waals surface area (Å²) in [5.74, 6) is 2.94. The van der Waals surface area contributed by atoms with Crippen LogP contribution in [-0.2, 0) is 19.2 Å². The fourth-order valence-electron chi connectivity index (χ4n) is 0.701. The Kier molecular flexibility index (Phi) is 17.4. The van der Waals surface area contributed by atoms with Gasteiger partial charge in [-0.25, -0.2) is 10.8 Å². The first-order chi connectivity index (χ1) is 8.17. The first-order valence-electron chi connectivity index (χ1n) is 4.98. The Balaban J connectivity index is -0.000000196. The van der Waals surface area contributed by atoms with Gasteiger partial charge >= 0.3 is 0 Å². The average molecular weight is 254 g/mol. The van der Waals surface area contributed by atoms with Gasteiger partial charge in [0.15, 0.2) is 0 Å². The molecule has 0 fully saturated rings. The molecule has 0 aliphatic rings. The Hall–Kier alpha value is -2.16. The molecule has 0 bridgehead atoms. The third-order valence-corrected chi connectivity index (χ3v) is 1.06. The van der Waals surface area contributed by atoms with Crippen molar-refractivity contribution < 1.29 is 19.2 Å². The molecule has 0 spiro atoms. The van der Waals surface area contributed by atoms with Crippen molar-refractivity contribution in [2.24, 2.45) is 0 Å². The van der Waals surface area contributed by atoms with Gasteiger partial charge in [-0.1, -0.05) is 0 Å². The monoisotopic (exact) mass is 254 g/mol. The Bertz CT molecular complexity index is 316. The van der Waals surface area contributed by atoms with Crippen LogP contribution in [0.2, 0.25) is 0 Å². The van der Waals surface area contributed by atoms with Crippen LogP contribution >= 0.6 is 0 Å². The van der Waals surface area contributed by atoms with E-state index in [0.717, 1.165) is 0 Å².